The van der Waals surface area contributed by atoms with Crippen LogP contribution in [0, 0.1) is 5.92 Å². The zero-order chi connectivity index (χ0) is 17.3. The van der Waals surface area contributed by atoms with Crippen molar-refractivity contribution in [2.45, 2.75) is 129 Å². The Balaban J connectivity index is 2.08. The third-order valence-electron chi connectivity index (χ3n) is 5.85. The molecule has 2 nitrogen and oxygen atoms in total. The minimum atomic E-state index is 0.144. The minimum absolute atomic E-state index is 0.144. The predicted octanol–water partition coefficient (Wildman–Crippen LogP) is 6.44. The van der Waals surface area contributed by atoms with Crippen LogP contribution in [0.5, 0.6) is 0 Å². The number of hydrazine groups is 1. The molecule has 0 amide bonds. The van der Waals surface area contributed by atoms with E-state index in [1.165, 1.54) is 83.5 Å². The van der Waals surface area contributed by atoms with Gasteiger partial charge in [-0.1, -0.05) is 77.6 Å². The molecule has 0 aromatic carbocycles. The van der Waals surface area contributed by atoms with Crippen molar-refractivity contribution in [3.8, 4) is 0 Å². The van der Waals surface area contributed by atoms with Crippen LogP contribution in [0.25, 0.3) is 0 Å². The van der Waals surface area contributed by atoms with Gasteiger partial charge in [-0.25, -0.2) is 5.01 Å². The van der Waals surface area contributed by atoms with E-state index in [1.807, 2.05) is 0 Å². The minimum Gasteiger partial charge on any atom is -0.268 e. The summed E-state index contributed by atoms with van der Waals surface area (Å²) in [5.41, 5.74) is 0.288. The van der Waals surface area contributed by atoms with Crippen molar-refractivity contribution in [2.24, 2.45) is 11.8 Å². The molecule has 0 bridgehead atoms. The van der Waals surface area contributed by atoms with Gasteiger partial charge in [0.25, 0.3) is 0 Å². The first-order valence-electron chi connectivity index (χ1n) is 10.3. The highest BCUT2D eigenvalue weighted by atomic mass is 15.5. The Labute approximate surface area is 146 Å². The summed E-state index contributed by atoms with van der Waals surface area (Å²) in [6.07, 6.45) is 18.2. The quantitative estimate of drug-likeness (QED) is 0.350. The highest BCUT2D eigenvalue weighted by Crippen LogP contribution is 2.40. The summed E-state index contributed by atoms with van der Waals surface area (Å²) in [5.74, 6) is 7.19. The Kier molecular flexibility index (Phi) is 9.15. The van der Waals surface area contributed by atoms with Crippen LogP contribution in [0.4, 0.5) is 0 Å². The van der Waals surface area contributed by atoms with E-state index < -0.39 is 0 Å². The molecule has 138 valence electrons. The van der Waals surface area contributed by atoms with E-state index in [4.69, 9.17) is 5.84 Å². The SMILES string of the molecule is CCCCCCCCCCCCC1CC(C)(C)N(N)C(C)(C)C1. The molecule has 1 aliphatic rings. The van der Waals surface area contributed by atoms with Crippen LogP contribution in [0.15, 0.2) is 0 Å². The van der Waals surface area contributed by atoms with E-state index in [0.717, 1.165) is 5.92 Å². The fourth-order valence-corrected chi connectivity index (χ4v) is 4.63. The number of unbranched alkanes of at least 4 members (excludes halogenated alkanes) is 9. The lowest BCUT2D eigenvalue weighted by Crippen LogP contribution is -2.63. The van der Waals surface area contributed by atoms with Crippen LogP contribution >= 0.6 is 0 Å². The lowest BCUT2D eigenvalue weighted by atomic mass is 9.73. The largest absolute Gasteiger partial charge is 0.268 e. The van der Waals surface area contributed by atoms with Crippen molar-refractivity contribution in [3.63, 3.8) is 0 Å². The van der Waals surface area contributed by atoms with Gasteiger partial charge in [0.2, 0.25) is 0 Å². The molecule has 1 aliphatic heterocycles. The van der Waals surface area contributed by atoms with Gasteiger partial charge in [-0.3, -0.25) is 5.84 Å². The monoisotopic (exact) mass is 324 g/mol. The third-order valence-corrected chi connectivity index (χ3v) is 5.85. The topological polar surface area (TPSA) is 29.3 Å². The number of nitrogens with two attached hydrogens (primary N) is 1. The summed E-state index contributed by atoms with van der Waals surface area (Å²) >= 11 is 0. The Morgan fingerprint density at radius 3 is 1.57 bits per heavy atom. The molecule has 1 heterocycles. The van der Waals surface area contributed by atoms with Crippen molar-refractivity contribution < 1.29 is 0 Å². The van der Waals surface area contributed by atoms with Gasteiger partial charge in [-0.15, -0.1) is 0 Å². The van der Waals surface area contributed by atoms with Gasteiger partial charge in [0.05, 0.1) is 0 Å². The Morgan fingerprint density at radius 2 is 1.13 bits per heavy atom. The molecule has 1 saturated heterocycles. The summed E-state index contributed by atoms with van der Waals surface area (Å²) in [4.78, 5) is 0. The second-order valence-electron chi connectivity index (χ2n) is 9.24. The van der Waals surface area contributed by atoms with E-state index in [0.29, 0.717) is 0 Å². The van der Waals surface area contributed by atoms with Gasteiger partial charge in [0.15, 0.2) is 0 Å². The average molecular weight is 325 g/mol. The maximum atomic E-state index is 6.34. The molecule has 0 aromatic rings. The standard InChI is InChI=1S/C21H44N2/c1-6-7-8-9-10-11-12-13-14-15-16-19-17-20(2,3)23(22)21(4,5)18-19/h19H,6-18,22H2,1-5H3. The predicted molar refractivity (Wildman–Crippen MR) is 103 cm³/mol. The summed E-state index contributed by atoms with van der Waals surface area (Å²) in [6.45, 7) is 11.5. The lowest BCUT2D eigenvalue weighted by molar-refractivity contribution is -0.0547. The van der Waals surface area contributed by atoms with E-state index in [2.05, 4.69) is 39.6 Å². The lowest BCUT2D eigenvalue weighted by Gasteiger charge is -2.53. The number of rotatable bonds is 11. The molecule has 1 rings (SSSR count). The van der Waals surface area contributed by atoms with Gasteiger partial charge >= 0.3 is 0 Å². The van der Waals surface area contributed by atoms with Crippen LogP contribution < -0.4 is 5.84 Å². The fraction of sp³-hybridized carbons (Fsp3) is 1.00. The van der Waals surface area contributed by atoms with E-state index in [9.17, 15) is 0 Å². The normalized spacial score (nSPS) is 21.7. The maximum absolute atomic E-state index is 6.34. The van der Waals surface area contributed by atoms with Gasteiger partial charge in [-0.2, -0.15) is 0 Å². The molecular weight excluding hydrogens is 280 g/mol. The molecule has 0 spiro atoms. The third kappa shape index (κ3) is 7.56. The van der Waals surface area contributed by atoms with Crippen LogP contribution in [0.2, 0.25) is 0 Å². The maximum Gasteiger partial charge on any atom is 0.0304 e. The zero-order valence-electron chi connectivity index (χ0n) is 16.8. The molecule has 0 radical (unpaired) electrons. The van der Waals surface area contributed by atoms with E-state index in [-0.39, 0.29) is 11.1 Å². The van der Waals surface area contributed by atoms with E-state index in [1.54, 1.807) is 0 Å². The Morgan fingerprint density at radius 1 is 0.739 bits per heavy atom. The van der Waals surface area contributed by atoms with Crippen LogP contribution in [0.3, 0.4) is 0 Å². The van der Waals surface area contributed by atoms with Crippen molar-refractivity contribution >= 4 is 0 Å². The van der Waals surface area contributed by atoms with Crippen molar-refractivity contribution in [1.29, 1.82) is 0 Å². The van der Waals surface area contributed by atoms with Crippen molar-refractivity contribution in [1.82, 2.24) is 5.01 Å². The summed E-state index contributed by atoms with van der Waals surface area (Å²) in [6, 6.07) is 0. The molecular formula is C21H44N2. The molecule has 0 aromatic heterocycles. The molecule has 2 N–H and O–H groups in total. The second kappa shape index (κ2) is 10.0. The molecule has 2 heteroatoms. The number of hydrogen-bond donors (Lipinski definition) is 1. The summed E-state index contributed by atoms with van der Waals surface area (Å²) < 4.78 is 0. The van der Waals surface area contributed by atoms with Crippen LogP contribution in [0.1, 0.15) is 118 Å². The summed E-state index contributed by atoms with van der Waals surface area (Å²) in [5, 5.41) is 2.11. The molecule has 0 atom stereocenters. The molecule has 0 saturated carbocycles. The molecule has 0 unspecified atom stereocenters. The molecule has 0 aliphatic carbocycles. The Bertz CT molecular complexity index is 291. The first kappa shape index (κ1) is 21.0. The van der Waals surface area contributed by atoms with Crippen LogP contribution in [-0.2, 0) is 0 Å². The molecule has 1 fully saturated rings. The second-order valence-corrected chi connectivity index (χ2v) is 9.24. The highest BCUT2D eigenvalue weighted by molar-refractivity contribution is 4.97. The number of nitrogens with zero attached hydrogens (tertiary/aromatic N) is 1. The number of piperidine rings is 1. The van der Waals surface area contributed by atoms with Gasteiger partial charge in [0, 0.05) is 11.1 Å². The number of hydrogen-bond acceptors (Lipinski definition) is 2. The van der Waals surface area contributed by atoms with Gasteiger partial charge < -0.3 is 0 Å². The van der Waals surface area contributed by atoms with Gasteiger partial charge in [0.1, 0.15) is 0 Å². The highest BCUT2D eigenvalue weighted by Gasteiger charge is 2.43. The first-order chi connectivity index (χ1) is 10.8. The van der Waals surface area contributed by atoms with Crippen LogP contribution in [-0.4, -0.2) is 16.1 Å². The fourth-order valence-electron chi connectivity index (χ4n) is 4.63. The smallest absolute Gasteiger partial charge is 0.0304 e. The van der Waals surface area contributed by atoms with Crippen molar-refractivity contribution in [2.75, 3.05) is 0 Å². The zero-order valence-corrected chi connectivity index (χ0v) is 16.8. The first-order valence-corrected chi connectivity index (χ1v) is 10.3. The van der Waals surface area contributed by atoms with E-state index >= 15 is 0 Å². The van der Waals surface area contributed by atoms with Gasteiger partial charge in [-0.05, 0) is 46.5 Å². The van der Waals surface area contributed by atoms with Crippen molar-refractivity contribution in [3.05, 3.63) is 0 Å². The Hall–Kier alpha value is -0.0800. The summed E-state index contributed by atoms with van der Waals surface area (Å²) in [7, 11) is 0. The molecule has 23 heavy (non-hydrogen) atoms. The average Bonchev–Trinajstić information content (AvgIpc) is 2.46.